The summed E-state index contributed by atoms with van der Waals surface area (Å²) >= 11 is 1.39. The number of amides is 4. The minimum Gasteiger partial charge on any atom is -0.334 e. The van der Waals surface area contributed by atoms with Crippen molar-refractivity contribution in [3.63, 3.8) is 0 Å². The molecular formula is C11H11N3O3S. The predicted octanol–water partition coefficient (Wildman–Crippen LogP) is 0.124. The van der Waals surface area contributed by atoms with E-state index < -0.39 is 0 Å². The smallest absolute Gasteiger partial charge is 0.324 e. The van der Waals surface area contributed by atoms with Crippen LogP contribution in [0.25, 0.3) is 0 Å². The minimum absolute atomic E-state index is 0.0340. The molecule has 0 radical (unpaired) electrons. The van der Waals surface area contributed by atoms with Gasteiger partial charge in [0.15, 0.2) is 0 Å². The first kappa shape index (κ1) is 11.2. The van der Waals surface area contributed by atoms with Crippen molar-refractivity contribution in [3.05, 3.63) is 22.4 Å². The molecule has 18 heavy (non-hydrogen) atoms. The summed E-state index contributed by atoms with van der Waals surface area (Å²) in [5.74, 6) is -0.249. The predicted molar refractivity (Wildman–Crippen MR) is 64.3 cm³/mol. The summed E-state index contributed by atoms with van der Waals surface area (Å²) in [6.07, 6.45) is 0. The summed E-state index contributed by atoms with van der Waals surface area (Å²) in [6, 6.07) is 3.07. The van der Waals surface area contributed by atoms with Crippen molar-refractivity contribution in [3.8, 4) is 0 Å². The monoisotopic (exact) mass is 265 g/mol. The van der Waals surface area contributed by atoms with E-state index in [1.165, 1.54) is 16.2 Å². The first-order valence-electron chi connectivity index (χ1n) is 5.59. The standard InChI is InChI=1S/C11H11N3O3S/c15-9-4-12-11(17)14(9)7-5-13(6-7)10(16)8-2-1-3-18-8/h1-3,7H,4-6H2,(H,12,17). The van der Waals surface area contributed by atoms with E-state index in [0.717, 1.165) is 0 Å². The Morgan fingerprint density at radius 3 is 2.72 bits per heavy atom. The van der Waals surface area contributed by atoms with Crippen LogP contribution in [0.2, 0.25) is 0 Å². The number of nitrogens with zero attached hydrogens (tertiary/aromatic N) is 2. The van der Waals surface area contributed by atoms with Crippen LogP contribution in [0.15, 0.2) is 17.5 Å². The second kappa shape index (κ2) is 4.09. The van der Waals surface area contributed by atoms with Crippen LogP contribution in [0.4, 0.5) is 4.79 Å². The molecule has 1 aromatic heterocycles. The maximum Gasteiger partial charge on any atom is 0.324 e. The largest absolute Gasteiger partial charge is 0.334 e. The van der Waals surface area contributed by atoms with Crippen LogP contribution in [-0.4, -0.2) is 53.3 Å². The van der Waals surface area contributed by atoms with E-state index in [2.05, 4.69) is 5.32 Å². The van der Waals surface area contributed by atoms with Gasteiger partial charge in [0.05, 0.1) is 17.5 Å². The molecule has 0 aliphatic carbocycles. The number of hydrogen-bond acceptors (Lipinski definition) is 4. The van der Waals surface area contributed by atoms with Crippen LogP contribution in [0.3, 0.4) is 0 Å². The molecule has 2 aliphatic heterocycles. The molecule has 0 atom stereocenters. The van der Waals surface area contributed by atoms with Crippen molar-refractivity contribution in [1.82, 2.24) is 15.1 Å². The topological polar surface area (TPSA) is 69.7 Å². The van der Waals surface area contributed by atoms with Gasteiger partial charge in [0.2, 0.25) is 5.91 Å². The third-order valence-electron chi connectivity index (χ3n) is 3.12. The van der Waals surface area contributed by atoms with E-state index in [0.29, 0.717) is 18.0 Å². The van der Waals surface area contributed by atoms with Crippen LogP contribution < -0.4 is 5.32 Å². The molecule has 4 amide bonds. The summed E-state index contributed by atoms with van der Waals surface area (Å²) in [4.78, 5) is 38.4. The number of carbonyl (C=O) groups excluding carboxylic acids is 3. The second-order valence-corrected chi connectivity index (χ2v) is 5.21. The quantitative estimate of drug-likeness (QED) is 0.772. The first-order chi connectivity index (χ1) is 8.66. The van der Waals surface area contributed by atoms with E-state index >= 15 is 0 Å². The van der Waals surface area contributed by atoms with Gasteiger partial charge in [0.1, 0.15) is 0 Å². The number of thiophene rings is 1. The highest BCUT2D eigenvalue weighted by Crippen LogP contribution is 2.21. The highest BCUT2D eigenvalue weighted by Gasteiger charge is 2.43. The summed E-state index contributed by atoms with van der Waals surface area (Å²) in [6.45, 7) is 0.917. The van der Waals surface area contributed by atoms with Crippen LogP contribution in [-0.2, 0) is 4.79 Å². The first-order valence-corrected chi connectivity index (χ1v) is 6.47. The summed E-state index contributed by atoms with van der Waals surface area (Å²) in [5, 5.41) is 4.33. The van der Waals surface area contributed by atoms with Gasteiger partial charge in [-0.3, -0.25) is 14.5 Å². The van der Waals surface area contributed by atoms with Gasteiger partial charge < -0.3 is 10.2 Å². The molecule has 94 valence electrons. The molecule has 0 saturated carbocycles. The van der Waals surface area contributed by atoms with Gasteiger partial charge in [-0.05, 0) is 11.4 Å². The van der Waals surface area contributed by atoms with Gasteiger partial charge in [0.25, 0.3) is 5.91 Å². The highest BCUT2D eigenvalue weighted by molar-refractivity contribution is 7.12. The Hall–Kier alpha value is -1.89. The Labute approximate surface area is 107 Å². The third kappa shape index (κ3) is 1.67. The number of likely N-dealkylation sites (tertiary alicyclic amines) is 1. The zero-order valence-corrected chi connectivity index (χ0v) is 10.3. The summed E-state index contributed by atoms with van der Waals surface area (Å²) in [7, 11) is 0. The van der Waals surface area contributed by atoms with Gasteiger partial charge in [-0.25, -0.2) is 4.79 Å². The molecule has 1 aromatic rings. The van der Waals surface area contributed by atoms with Crippen LogP contribution in [0, 0.1) is 0 Å². The zero-order valence-electron chi connectivity index (χ0n) is 9.46. The van der Waals surface area contributed by atoms with E-state index in [1.54, 1.807) is 11.0 Å². The van der Waals surface area contributed by atoms with Crippen LogP contribution in [0.5, 0.6) is 0 Å². The van der Waals surface area contributed by atoms with Crippen LogP contribution in [0.1, 0.15) is 9.67 Å². The van der Waals surface area contributed by atoms with Crippen molar-refractivity contribution < 1.29 is 14.4 Å². The Morgan fingerprint density at radius 1 is 1.39 bits per heavy atom. The molecule has 0 aromatic carbocycles. The van der Waals surface area contributed by atoms with Crippen molar-refractivity contribution in [1.29, 1.82) is 0 Å². The lowest BCUT2D eigenvalue weighted by atomic mass is 10.1. The summed E-state index contributed by atoms with van der Waals surface area (Å²) in [5.41, 5.74) is 0. The lowest BCUT2D eigenvalue weighted by Gasteiger charge is -2.42. The fraction of sp³-hybridized carbons (Fsp3) is 0.364. The van der Waals surface area contributed by atoms with Gasteiger partial charge in [-0.2, -0.15) is 0 Å². The fourth-order valence-electron chi connectivity index (χ4n) is 2.14. The molecule has 3 heterocycles. The van der Waals surface area contributed by atoms with Gasteiger partial charge in [0, 0.05) is 13.1 Å². The molecule has 2 aliphatic rings. The molecule has 0 bridgehead atoms. The Morgan fingerprint density at radius 2 is 2.17 bits per heavy atom. The van der Waals surface area contributed by atoms with E-state index in [9.17, 15) is 14.4 Å². The molecular weight excluding hydrogens is 254 g/mol. The maximum atomic E-state index is 11.9. The number of hydrogen-bond donors (Lipinski definition) is 1. The minimum atomic E-state index is -0.353. The molecule has 1 N–H and O–H groups in total. The van der Waals surface area contributed by atoms with Crippen molar-refractivity contribution >= 4 is 29.2 Å². The van der Waals surface area contributed by atoms with E-state index in [1.807, 2.05) is 11.4 Å². The van der Waals surface area contributed by atoms with Crippen LogP contribution >= 0.6 is 11.3 Å². The zero-order chi connectivity index (χ0) is 12.7. The Kier molecular flexibility index (Phi) is 2.55. The number of carbonyl (C=O) groups is 3. The van der Waals surface area contributed by atoms with E-state index in [4.69, 9.17) is 0 Å². The molecule has 7 heteroatoms. The third-order valence-corrected chi connectivity index (χ3v) is 3.98. The Balaban J connectivity index is 1.62. The molecule has 0 unspecified atom stereocenters. The number of nitrogens with one attached hydrogen (secondary N) is 1. The second-order valence-electron chi connectivity index (χ2n) is 4.26. The average molecular weight is 265 g/mol. The lowest BCUT2D eigenvalue weighted by Crippen LogP contribution is -2.62. The Bertz CT molecular complexity index is 492. The molecule has 2 saturated heterocycles. The molecule has 6 nitrogen and oxygen atoms in total. The van der Waals surface area contributed by atoms with Crippen molar-refractivity contribution in [2.75, 3.05) is 19.6 Å². The summed E-state index contributed by atoms with van der Waals surface area (Å²) < 4.78 is 0. The fourth-order valence-corrected chi connectivity index (χ4v) is 2.84. The van der Waals surface area contributed by atoms with Crippen molar-refractivity contribution in [2.45, 2.75) is 6.04 Å². The normalized spacial score (nSPS) is 20.0. The van der Waals surface area contributed by atoms with E-state index in [-0.39, 0.29) is 30.4 Å². The molecule has 2 fully saturated rings. The molecule has 3 rings (SSSR count). The molecule has 0 spiro atoms. The van der Waals surface area contributed by atoms with Crippen molar-refractivity contribution in [2.24, 2.45) is 0 Å². The lowest BCUT2D eigenvalue weighted by molar-refractivity contribution is -0.128. The SMILES string of the molecule is O=C(c1cccs1)N1CC(N2C(=O)CNC2=O)C1. The average Bonchev–Trinajstić information content (AvgIpc) is 2.90. The number of rotatable bonds is 2. The van der Waals surface area contributed by atoms with Gasteiger partial charge in [-0.1, -0.05) is 6.07 Å². The number of imide groups is 1. The van der Waals surface area contributed by atoms with Gasteiger partial charge >= 0.3 is 6.03 Å². The maximum absolute atomic E-state index is 11.9. The van der Waals surface area contributed by atoms with Gasteiger partial charge in [-0.15, -0.1) is 11.3 Å². The number of urea groups is 1. The highest BCUT2D eigenvalue weighted by atomic mass is 32.1.